The molecule has 0 heterocycles. The second-order valence-corrected chi connectivity index (χ2v) is 4.57. The van der Waals surface area contributed by atoms with Crippen molar-refractivity contribution < 1.29 is 14.6 Å². The number of rotatable bonds is 5. The van der Waals surface area contributed by atoms with Gasteiger partial charge in [0.25, 0.3) is 0 Å². The monoisotopic (exact) mass is 286 g/mol. The van der Waals surface area contributed by atoms with Crippen LogP contribution in [0.5, 0.6) is 5.75 Å². The van der Waals surface area contributed by atoms with Crippen LogP contribution in [0.1, 0.15) is 12.5 Å². The summed E-state index contributed by atoms with van der Waals surface area (Å²) in [5, 5.41) is 9.35. The summed E-state index contributed by atoms with van der Waals surface area (Å²) in [7, 11) is 0. The van der Waals surface area contributed by atoms with Crippen LogP contribution in [-0.4, -0.2) is 17.7 Å². The van der Waals surface area contributed by atoms with Crippen molar-refractivity contribution in [3.63, 3.8) is 0 Å². The molecule has 0 atom stereocenters. The first kappa shape index (κ1) is 14.6. The molecule has 1 rings (SSSR count). The van der Waals surface area contributed by atoms with E-state index in [4.69, 9.17) is 33.0 Å². The van der Waals surface area contributed by atoms with Gasteiger partial charge in [0.2, 0.25) is 0 Å². The normalized spacial score (nSPS) is 10.6. The number of aliphatic carboxylic acids is 1. The fourth-order valence-electron chi connectivity index (χ4n) is 1.21. The van der Waals surface area contributed by atoms with Crippen LogP contribution >= 0.6 is 23.2 Å². The molecular weight excluding hydrogens is 275 g/mol. The predicted molar refractivity (Wildman–Crippen MR) is 73.4 cm³/mol. The zero-order valence-electron chi connectivity index (χ0n) is 9.74. The molecule has 18 heavy (non-hydrogen) atoms. The van der Waals surface area contributed by atoms with Crippen molar-refractivity contribution in [1.29, 1.82) is 0 Å². The Labute approximate surface area is 115 Å². The Bertz CT molecular complexity index is 507. The molecule has 0 aliphatic heterocycles. The van der Waals surface area contributed by atoms with Crippen molar-refractivity contribution in [3.05, 3.63) is 46.0 Å². The molecule has 0 aliphatic carbocycles. The van der Waals surface area contributed by atoms with Gasteiger partial charge in [0.05, 0.1) is 5.02 Å². The van der Waals surface area contributed by atoms with E-state index < -0.39 is 5.97 Å². The Hall–Kier alpha value is -1.45. The largest absolute Gasteiger partial charge is 0.487 e. The molecule has 0 saturated carbocycles. The van der Waals surface area contributed by atoms with Gasteiger partial charge in [0, 0.05) is 16.7 Å². The smallest absolute Gasteiger partial charge is 0.328 e. The third-order valence-corrected chi connectivity index (χ3v) is 2.40. The maximum Gasteiger partial charge on any atom is 0.328 e. The Morgan fingerprint density at radius 1 is 1.50 bits per heavy atom. The van der Waals surface area contributed by atoms with Crippen LogP contribution in [0.4, 0.5) is 0 Å². The summed E-state index contributed by atoms with van der Waals surface area (Å²) in [6.45, 7) is 5.83. The zero-order chi connectivity index (χ0) is 13.7. The molecule has 1 N–H and O–H groups in total. The molecule has 96 valence electrons. The predicted octanol–water partition coefficient (Wildman–Crippen LogP) is 4.05. The van der Waals surface area contributed by atoms with E-state index in [9.17, 15) is 4.79 Å². The number of carboxylic acids is 1. The standard InChI is InChI=1S/C13H12Cl2O3/c1-8(2)7-18-13-9(3-4-12(16)17)5-10(14)6-11(13)15/h3-6H,1,7H2,2H3,(H,16,17)/b4-3+. The van der Waals surface area contributed by atoms with Gasteiger partial charge in [-0.15, -0.1) is 0 Å². The second kappa shape index (κ2) is 6.47. The van der Waals surface area contributed by atoms with Gasteiger partial charge in [0.15, 0.2) is 0 Å². The third kappa shape index (κ3) is 4.43. The molecule has 1 aromatic rings. The van der Waals surface area contributed by atoms with Crippen LogP contribution < -0.4 is 4.74 Å². The Balaban J connectivity index is 3.12. The maximum absolute atomic E-state index is 10.5. The highest BCUT2D eigenvalue weighted by Gasteiger charge is 2.09. The van der Waals surface area contributed by atoms with Crippen molar-refractivity contribution in [2.24, 2.45) is 0 Å². The summed E-state index contributed by atoms with van der Waals surface area (Å²) in [6, 6.07) is 3.12. The van der Waals surface area contributed by atoms with Crippen molar-refractivity contribution in [3.8, 4) is 5.75 Å². The molecule has 1 aromatic carbocycles. The number of hydrogen-bond donors (Lipinski definition) is 1. The van der Waals surface area contributed by atoms with Gasteiger partial charge in [-0.3, -0.25) is 0 Å². The average molecular weight is 287 g/mol. The summed E-state index contributed by atoms with van der Waals surface area (Å²) in [4.78, 5) is 10.5. The Morgan fingerprint density at radius 3 is 2.72 bits per heavy atom. The molecule has 0 fully saturated rings. The van der Waals surface area contributed by atoms with Gasteiger partial charge in [0.1, 0.15) is 12.4 Å². The van der Waals surface area contributed by atoms with E-state index in [2.05, 4.69) is 6.58 Å². The van der Waals surface area contributed by atoms with Crippen LogP contribution in [0.15, 0.2) is 30.4 Å². The van der Waals surface area contributed by atoms with Gasteiger partial charge in [-0.1, -0.05) is 29.8 Å². The van der Waals surface area contributed by atoms with Gasteiger partial charge in [-0.25, -0.2) is 4.79 Å². The van der Waals surface area contributed by atoms with Crippen LogP contribution in [0.25, 0.3) is 6.08 Å². The summed E-state index contributed by atoms with van der Waals surface area (Å²) in [5.41, 5.74) is 1.34. The van der Waals surface area contributed by atoms with Gasteiger partial charge in [-0.2, -0.15) is 0 Å². The lowest BCUT2D eigenvalue weighted by molar-refractivity contribution is -0.131. The molecule has 0 saturated heterocycles. The van der Waals surface area contributed by atoms with Crippen LogP contribution in [0, 0.1) is 0 Å². The van der Waals surface area contributed by atoms with E-state index in [0.29, 0.717) is 28.0 Å². The van der Waals surface area contributed by atoms with Crippen molar-refractivity contribution in [2.75, 3.05) is 6.61 Å². The van der Waals surface area contributed by atoms with E-state index in [1.165, 1.54) is 12.1 Å². The highest BCUT2D eigenvalue weighted by Crippen LogP contribution is 2.33. The van der Waals surface area contributed by atoms with Crippen LogP contribution in [0.2, 0.25) is 10.0 Å². The van der Waals surface area contributed by atoms with E-state index in [-0.39, 0.29) is 0 Å². The summed E-state index contributed by atoms with van der Waals surface area (Å²) < 4.78 is 5.48. The van der Waals surface area contributed by atoms with E-state index in [1.807, 2.05) is 6.92 Å². The lowest BCUT2D eigenvalue weighted by atomic mass is 10.2. The molecule has 0 bridgehead atoms. The molecule has 3 nitrogen and oxygen atoms in total. The topological polar surface area (TPSA) is 46.5 Å². The van der Waals surface area contributed by atoms with E-state index >= 15 is 0 Å². The highest BCUT2D eigenvalue weighted by atomic mass is 35.5. The molecule has 0 spiro atoms. The fourth-order valence-corrected chi connectivity index (χ4v) is 1.78. The summed E-state index contributed by atoms with van der Waals surface area (Å²) in [5.74, 6) is -0.668. The molecule has 0 aliphatic rings. The van der Waals surface area contributed by atoms with E-state index in [0.717, 1.165) is 11.6 Å². The van der Waals surface area contributed by atoms with Crippen LogP contribution in [0.3, 0.4) is 0 Å². The second-order valence-electron chi connectivity index (χ2n) is 3.72. The lowest BCUT2D eigenvalue weighted by Crippen LogP contribution is -2.00. The average Bonchev–Trinajstić information content (AvgIpc) is 2.24. The van der Waals surface area contributed by atoms with Crippen molar-refractivity contribution in [1.82, 2.24) is 0 Å². The SMILES string of the molecule is C=C(C)COc1c(Cl)cc(Cl)cc1/C=C/C(=O)O. The quantitative estimate of drug-likeness (QED) is 0.656. The molecule has 0 amide bonds. The summed E-state index contributed by atoms with van der Waals surface area (Å²) >= 11 is 11.9. The van der Waals surface area contributed by atoms with Gasteiger partial charge in [-0.05, 0) is 30.7 Å². The van der Waals surface area contributed by atoms with Gasteiger partial charge < -0.3 is 9.84 Å². The minimum absolute atomic E-state index is 0.301. The molecule has 0 radical (unpaired) electrons. The zero-order valence-corrected chi connectivity index (χ0v) is 11.3. The van der Waals surface area contributed by atoms with Crippen molar-refractivity contribution >= 4 is 35.2 Å². The highest BCUT2D eigenvalue weighted by molar-refractivity contribution is 6.35. The first-order valence-corrected chi connectivity index (χ1v) is 5.83. The number of hydrogen-bond acceptors (Lipinski definition) is 2. The molecule has 0 aromatic heterocycles. The number of ether oxygens (including phenoxy) is 1. The number of halogens is 2. The minimum Gasteiger partial charge on any atom is -0.487 e. The molecule has 5 heteroatoms. The number of benzene rings is 1. The fraction of sp³-hybridized carbons (Fsp3) is 0.154. The molecular formula is C13H12Cl2O3. The maximum atomic E-state index is 10.5. The van der Waals surface area contributed by atoms with Crippen molar-refractivity contribution in [2.45, 2.75) is 6.92 Å². The van der Waals surface area contributed by atoms with Crippen LogP contribution in [-0.2, 0) is 4.79 Å². The first-order valence-electron chi connectivity index (χ1n) is 5.07. The third-order valence-electron chi connectivity index (χ3n) is 1.91. The van der Waals surface area contributed by atoms with Gasteiger partial charge >= 0.3 is 5.97 Å². The first-order chi connectivity index (χ1) is 8.40. The number of carboxylic acid groups (broad SMARTS) is 1. The molecule has 0 unspecified atom stereocenters. The number of carbonyl (C=O) groups is 1. The lowest BCUT2D eigenvalue weighted by Gasteiger charge is -2.11. The Kier molecular flexibility index (Phi) is 5.25. The Morgan fingerprint density at radius 2 is 2.17 bits per heavy atom. The minimum atomic E-state index is -1.06. The summed E-state index contributed by atoms with van der Waals surface area (Å²) in [6.07, 6.45) is 2.38. The van der Waals surface area contributed by atoms with E-state index in [1.54, 1.807) is 6.07 Å².